The van der Waals surface area contributed by atoms with Gasteiger partial charge in [-0.15, -0.1) is 0 Å². The number of ether oxygens (including phenoxy) is 3. The van der Waals surface area contributed by atoms with Crippen LogP contribution in [0.25, 0.3) is 0 Å². The summed E-state index contributed by atoms with van der Waals surface area (Å²) in [6, 6.07) is 0. The number of hydrogen-bond acceptors (Lipinski definition) is 6. The van der Waals surface area contributed by atoms with Gasteiger partial charge < -0.3 is 14.2 Å². The summed E-state index contributed by atoms with van der Waals surface area (Å²) < 4.78 is 16.9. The molecule has 0 aliphatic carbocycles. The van der Waals surface area contributed by atoms with Gasteiger partial charge in [-0.2, -0.15) is 0 Å². The van der Waals surface area contributed by atoms with Gasteiger partial charge in [-0.1, -0.05) is 241 Å². The summed E-state index contributed by atoms with van der Waals surface area (Å²) in [5.74, 6) is -0.903. The molecular formula is C64H110O6. The highest BCUT2D eigenvalue weighted by atomic mass is 16.6. The summed E-state index contributed by atoms with van der Waals surface area (Å²) >= 11 is 0. The van der Waals surface area contributed by atoms with Crippen LogP contribution >= 0.6 is 0 Å². The number of carbonyl (C=O) groups excluding carboxylic acids is 3. The predicted molar refractivity (Wildman–Crippen MR) is 302 cm³/mol. The summed E-state index contributed by atoms with van der Waals surface area (Å²) in [5, 5.41) is 0. The second-order valence-electron chi connectivity index (χ2n) is 19.5. The van der Waals surface area contributed by atoms with E-state index in [0.717, 1.165) is 116 Å². The minimum Gasteiger partial charge on any atom is -0.462 e. The van der Waals surface area contributed by atoms with Crippen LogP contribution in [0.1, 0.15) is 284 Å². The molecular weight excluding hydrogens is 865 g/mol. The van der Waals surface area contributed by atoms with Crippen LogP contribution in [-0.4, -0.2) is 37.2 Å². The van der Waals surface area contributed by atoms with Crippen LogP contribution in [0.5, 0.6) is 0 Å². The van der Waals surface area contributed by atoms with E-state index in [1.54, 1.807) is 0 Å². The fraction of sp³-hybridized carbons (Fsp3) is 0.734. The van der Waals surface area contributed by atoms with Gasteiger partial charge in [0.15, 0.2) is 6.10 Å². The van der Waals surface area contributed by atoms with Gasteiger partial charge in [0.1, 0.15) is 13.2 Å². The summed E-state index contributed by atoms with van der Waals surface area (Å²) in [6.45, 7) is 6.47. The number of esters is 3. The second kappa shape index (κ2) is 58.2. The molecule has 0 amide bonds. The highest BCUT2D eigenvalue weighted by Gasteiger charge is 2.19. The van der Waals surface area contributed by atoms with Gasteiger partial charge >= 0.3 is 17.9 Å². The van der Waals surface area contributed by atoms with Gasteiger partial charge in [-0.25, -0.2) is 0 Å². The van der Waals surface area contributed by atoms with E-state index in [0.29, 0.717) is 19.3 Å². The van der Waals surface area contributed by atoms with Crippen molar-refractivity contribution in [2.24, 2.45) is 0 Å². The average Bonchev–Trinajstić information content (AvgIpc) is 3.36. The second-order valence-corrected chi connectivity index (χ2v) is 19.5. The molecule has 0 aromatic heterocycles. The summed E-state index contributed by atoms with van der Waals surface area (Å²) in [6.07, 6.45) is 75.8. The van der Waals surface area contributed by atoms with Crippen molar-refractivity contribution in [3.05, 3.63) is 85.1 Å². The third kappa shape index (κ3) is 55.5. The van der Waals surface area contributed by atoms with Gasteiger partial charge in [-0.05, 0) is 109 Å². The fourth-order valence-corrected chi connectivity index (χ4v) is 8.15. The van der Waals surface area contributed by atoms with E-state index in [4.69, 9.17) is 14.2 Å². The van der Waals surface area contributed by atoms with Gasteiger partial charge in [0.25, 0.3) is 0 Å². The van der Waals surface area contributed by atoms with Crippen LogP contribution in [0.3, 0.4) is 0 Å². The van der Waals surface area contributed by atoms with Gasteiger partial charge in [-0.3, -0.25) is 14.4 Å². The Hall–Kier alpha value is -3.41. The Labute approximate surface area is 433 Å². The summed E-state index contributed by atoms with van der Waals surface area (Å²) in [5.41, 5.74) is 0. The number of carbonyl (C=O) groups is 3. The number of hydrogen-bond donors (Lipinski definition) is 0. The molecule has 0 rings (SSSR count). The van der Waals surface area contributed by atoms with Crippen molar-refractivity contribution in [1.82, 2.24) is 0 Å². The van der Waals surface area contributed by atoms with Crippen LogP contribution in [0, 0.1) is 0 Å². The molecule has 6 nitrogen and oxygen atoms in total. The van der Waals surface area contributed by atoms with Crippen molar-refractivity contribution in [3.63, 3.8) is 0 Å². The van der Waals surface area contributed by atoms with E-state index in [9.17, 15) is 14.4 Å². The first-order valence-electron chi connectivity index (χ1n) is 29.6. The molecule has 402 valence electrons. The normalized spacial score (nSPS) is 12.7. The smallest absolute Gasteiger partial charge is 0.306 e. The first-order valence-corrected chi connectivity index (χ1v) is 29.6. The molecule has 0 bridgehead atoms. The zero-order valence-electron chi connectivity index (χ0n) is 46.0. The SMILES string of the molecule is CC/C=C\C/C=C\C/C=C\C/C=C\CCCCCCCCCCCCCCC(=O)OCC(COC(=O)CCCCCCC/C=C\CCCCCC)OC(=O)CCCCCCC/C=C\C/C=C\CCCC. The lowest BCUT2D eigenvalue weighted by atomic mass is 10.0. The Morgan fingerprint density at radius 1 is 0.300 bits per heavy atom. The molecule has 1 atom stereocenters. The van der Waals surface area contributed by atoms with Crippen LogP contribution < -0.4 is 0 Å². The largest absolute Gasteiger partial charge is 0.462 e. The quantitative estimate of drug-likeness (QED) is 0.0261. The van der Waals surface area contributed by atoms with Gasteiger partial charge in [0.05, 0.1) is 0 Å². The van der Waals surface area contributed by atoms with Crippen molar-refractivity contribution >= 4 is 17.9 Å². The standard InChI is InChI=1S/C64H110O6/c1-4-7-10-13-16-19-22-25-27-28-29-30-31-32-33-34-35-36-37-40-42-45-48-51-54-57-63(66)69-60-61(59-68-62(65)56-53-50-47-44-41-38-24-21-18-15-12-9-6-3)70-64(67)58-55-52-49-46-43-39-26-23-20-17-14-11-8-5-2/h7,10,14,16-17,19,21,23-27,29-30,61H,4-6,8-9,11-13,15,18,20,22,28,31-60H2,1-3H3/b10-7-,17-14-,19-16-,24-21-,26-23-,27-25-,30-29-. The Bertz CT molecular complexity index is 1350. The Morgan fingerprint density at radius 3 is 0.929 bits per heavy atom. The van der Waals surface area contributed by atoms with Gasteiger partial charge in [0, 0.05) is 19.3 Å². The lowest BCUT2D eigenvalue weighted by Gasteiger charge is -2.18. The number of allylic oxidation sites excluding steroid dienone is 14. The minimum absolute atomic E-state index is 0.0849. The van der Waals surface area contributed by atoms with Crippen molar-refractivity contribution in [3.8, 4) is 0 Å². The van der Waals surface area contributed by atoms with E-state index in [1.165, 1.54) is 128 Å². The Kier molecular flexibility index (Phi) is 55.3. The van der Waals surface area contributed by atoms with Crippen molar-refractivity contribution in [1.29, 1.82) is 0 Å². The zero-order chi connectivity index (χ0) is 50.7. The maximum absolute atomic E-state index is 12.8. The van der Waals surface area contributed by atoms with Crippen molar-refractivity contribution < 1.29 is 28.6 Å². The number of unbranched alkanes of at least 4 members (excludes halogenated alkanes) is 28. The zero-order valence-corrected chi connectivity index (χ0v) is 46.0. The highest BCUT2D eigenvalue weighted by Crippen LogP contribution is 2.15. The molecule has 0 fully saturated rings. The van der Waals surface area contributed by atoms with E-state index in [1.807, 2.05) is 0 Å². The van der Waals surface area contributed by atoms with E-state index in [2.05, 4.69) is 106 Å². The minimum atomic E-state index is -0.788. The van der Waals surface area contributed by atoms with Crippen molar-refractivity contribution in [2.45, 2.75) is 290 Å². The van der Waals surface area contributed by atoms with Crippen LogP contribution in [0.2, 0.25) is 0 Å². The van der Waals surface area contributed by atoms with E-state index < -0.39 is 6.10 Å². The Morgan fingerprint density at radius 2 is 0.571 bits per heavy atom. The van der Waals surface area contributed by atoms with Crippen LogP contribution in [0.15, 0.2) is 85.1 Å². The monoisotopic (exact) mass is 975 g/mol. The summed E-state index contributed by atoms with van der Waals surface area (Å²) in [4.78, 5) is 38.1. The molecule has 0 spiro atoms. The van der Waals surface area contributed by atoms with Crippen LogP contribution in [0.4, 0.5) is 0 Å². The topological polar surface area (TPSA) is 78.9 Å². The third-order valence-electron chi connectivity index (χ3n) is 12.6. The summed E-state index contributed by atoms with van der Waals surface area (Å²) in [7, 11) is 0. The maximum atomic E-state index is 12.8. The lowest BCUT2D eigenvalue weighted by Crippen LogP contribution is -2.30. The molecule has 0 N–H and O–H groups in total. The molecule has 0 aromatic carbocycles. The first kappa shape index (κ1) is 66.6. The third-order valence-corrected chi connectivity index (χ3v) is 12.6. The molecule has 0 aromatic rings. The molecule has 0 radical (unpaired) electrons. The van der Waals surface area contributed by atoms with Gasteiger partial charge in [0.2, 0.25) is 0 Å². The van der Waals surface area contributed by atoms with Crippen molar-refractivity contribution in [2.75, 3.05) is 13.2 Å². The lowest BCUT2D eigenvalue weighted by molar-refractivity contribution is -0.167. The molecule has 0 saturated carbocycles. The molecule has 0 aliphatic rings. The average molecular weight is 976 g/mol. The maximum Gasteiger partial charge on any atom is 0.306 e. The molecule has 6 heteroatoms. The molecule has 0 aliphatic heterocycles. The van der Waals surface area contributed by atoms with E-state index >= 15 is 0 Å². The fourth-order valence-electron chi connectivity index (χ4n) is 8.15. The molecule has 0 saturated heterocycles. The molecule has 70 heavy (non-hydrogen) atoms. The van der Waals surface area contributed by atoms with Crippen LogP contribution in [-0.2, 0) is 28.6 Å². The first-order chi connectivity index (χ1) is 34.5. The number of rotatable bonds is 53. The highest BCUT2D eigenvalue weighted by molar-refractivity contribution is 5.71. The Balaban J connectivity index is 4.29. The predicted octanol–water partition coefficient (Wildman–Crippen LogP) is 19.9. The van der Waals surface area contributed by atoms with E-state index in [-0.39, 0.29) is 31.1 Å². The molecule has 1 unspecified atom stereocenters. The molecule has 0 heterocycles.